The van der Waals surface area contributed by atoms with E-state index in [2.05, 4.69) is 24.3 Å². The van der Waals surface area contributed by atoms with E-state index in [0.717, 1.165) is 23.1 Å². The Labute approximate surface area is 119 Å². The standard InChI is InChI=1S/C14H24N4S/c1-10(2)8-19-9-14-16-12(7-13(17-14)18-15)11-5-3-4-6-11/h7,10-11H,3-6,8-9,15H2,1-2H3,(H,16,17,18). The first-order chi connectivity index (χ1) is 9.19. The molecule has 3 N–H and O–H groups in total. The number of nitrogens with one attached hydrogen (secondary N) is 1. The summed E-state index contributed by atoms with van der Waals surface area (Å²) in [7, 11) is 0. The minimum Gasteiger partial charge on any atom is -0.308 e. The van der Waals surface area contributed by atoms with E-state index in [1.807, 2.05) is 17.8 Å². The van der Waals surface area contributed by atoms with E-state index < -0.39 is 0 Å². The molecule has 0 saturated heterocycles. The molecular weight excluding hydrogens is 256 g/mol. The number of nitrogens with two attached hydrogens (primary N) is 1. The van der Waals surface area contributed by atoms with Crippen LogP contribution < -0.4 is 11.3 Å². The molecule has 19 heavy (non-hydrogen) atoms. The molecule has 1 aliphatic carbocycles. The summed E-state index contributed by atoms with van der Waals surface area (Å²) in [4.78, 5) is 9.18. The average Bonchev–Trinajstić information content (AvgIpc) is 2.92. The number of thioether (sulfide) groups is 1. The zero-order chi connectivity index (χ0) is 13.7. The van der Waals surface area contributed by atoms with E-state index in [0.29, 0.717) is 11.8 Å². The Morgan fingerprint density at radius 1 is 1.37 bits per heavy atom. The molecule has 0 atom stereocenters. The highest BCUT2D eigenvalue weighted by Crippen LogP contribution is 2.33. The van der Waals surface area contributed by atoms with Gasteiger partial charge in [-0.25, -0.2) is 15.8 Å². The SMILES string of the molecule is CC(C)CSCc1nc(NN)cc(C2CCCC2)n1. The van der Waals surface area contributed by atoms with Gasteiger partial charge in [-0.15, -0.1) is 0 Å². The van der Waals surface area contributed by atoms with E-state index in [9.17, 15) is 0 Å². The molecule has 0 unspecified atom stereocenters. The van der Waals surface area contributed by atoms with Crippen LogP contribution in [0.15, 0.2) is 6.07 Å². The Bertz CT molecular complexity index is 402. The number of nitrogens with zero attached hydrogens (tertiary/aromatic N) is 2. The van der Waals surface area contributed by atoms with E-state index in [4.69, 9.17) is 10.8 Å². The van der Waals surface area contributed by atoms with Crippen molar-refractivity contribution in [3.05, 3.63) is 17.6 Å². The fourth-order valence-electron chi connectivity index (χ4n) is 2.47. The molecule has 106 valence electrons. The van der Waals surface area contributed by atoms with E-state index >= 15 is 0 Å². The number of hydrazine groups is 1. The molecule has 1 fully saturated rings. The number of hydrogen-bond donors (Lipinski definition) is 2. The minimum atomic E-state index is 0.601. The maximum absolute atomic E-state index is 5.52. The van der Waals surface area contributed by atoms with Crippen molar-refractivity contribution < 1.29 is 0 Å². The lowest BCUT2D eigenvalue weighted by Gasteiger charge is -2.12. The second kappa shape index (κ2) is 7.10. The van der Waals surface area contributed by atoms with Gasteiger partial charge >= 0.3 is 0 Å². The van der Waals surface area contributed by atoms with Crippen molar-refractivity contribution in [3.63, 3.8) is 0 Å². The second-order valence-electron chi connectivity index (χ2n) is 5.63. The third-order valence-corrected chi connectivity index (χ3v) is 4.76. The van der Waals surface area contributed by atoms with Gasteiger partial charge in [-0.1, -0.05) is 26.7 Å². The van der Waals surface area contributed by atoms with E-state index in [1.165, 1.54) is 31.4 Å². The Morgan fingerprint density at radius 2 is 2.11 bits per heavy atom. The van der Waals surface area contributed by atoms with Crippen LogP contribution in [0.25, 0.3) is 0 Å². The molecule has 1 saturated carbocycles. The molecule has 1 aromatic rings. The molecular formula is C14H24N4S. The lowest BCUT2D eigenvalue weighted by molar-refractivity contribution is 0.688. The highest BCUT2D eigenvalue weighted by Gasteiger charge is 2.19. The fourth-order valence-corrected chi connectivity index (χ4v) is 3.37. The second-order valence-corrected chi connectivity index (χ2v) is 6.66. The maximum atomic E-state index is 5.52. The third-order valence-electron chi connectivity index (χ3n) is 3.40. The molecule has 0 amide bonds. The van der Waals surface area contributed by atoms with Gasteiger partial charge in [0, 0.05) is 17.7 Å². The number of aromatic nitrogens is 2. The molecule has 1 aromatic heterocycles. The topological polar surface area (TPSA) is 63.8 Å². The molecule has 5 heteroatoms. The summed E-state index contributed by atoms with van der Waals surface area (Å²) in [6.45, 7) is 4.46. The monoisotopic (exact) mass is 280 g/mol. The summed E-state index contributed by atoms with van der Waals surface area (Å²) < 4.78 is 0. The van der Waals surface area contributed by atoms with Crippen molar-refractivity contribution in [2.75, 3.05) is 11.2 Å². The normalized spacial score (nSPS) is 16.2. The van der Waals surface area contributed by atoms with E-state index in [-0.39, 0.29) is 0 Å². The van der Waals surface area contributed by atoms with Crippen LogP contribution >= 0.6 is 11.8 Å². The zero-order valence-electron chi connectivity index (χ0n) is 11.9. The Kier molecular flexibility index (Phi) is 5.45. The van der Waals surface area contributed by atoms with Crippen LogP contribution in [0.5, 0.6) is 0 Å². The van der Waals surface area contributed by atoms with Crippen molar-refractivity contribution in [2.45, 2.75) is 51.2 Å². The molecule has 0 aliphatic heterocycles. The van der Waals surface area contributed by atoms with Crippen molar-refractivity contribution >= 4 is 17.6 Å². The van der Waals surface area contributed by atoms with Gasteiger partial charge in [0.05, 0.1) is 5.75 Å². The highest BCUT2D eigenvalue weighted by molar-refractivity contribution is 7.98. The minimum absolute atomic E-state index is 0.601. The first-order valence-corrected chi connectivity index (χ1v) is 8.26. The molecule has 1 aliphatic rings. The lowest BCUT2D eigenvalue weighted by Crippen LogP contribution is -2.12. The Hall–Kier alpha value is -0.810. The summed E-state index contributed by atoms with van der Waals surface area (Å²) in [6.07, 6.45) is 5.13. The van der Waals surface area contributed by atoms with Crippen molar-refractivity contribution in [2.24, 2.45) is 11.8 Å². The predicted molar refractivity (Wildman–Crippen MR) is 82.1 cm³/mol. The van der Waals surface area contributed by atoms with Gasteiger partial charge in [-0.2, -0.15) is 11.8 Å². The first-order valence-electron chi connectivity index (χ1n) is 7.11. The van der Waals surface area contributed by atoms with Crippen LogP contribution in [0.1, 0.15) is 57.0 Å². The summed E-state index contributed by atoms with van der Waals surface area (Å²) in [5.41, 5.74) is 3.84. The van der Waals surface area contributed by atoms with Crippen molar-refractivity contribution in [3.8, 4) is 0 Å². The van der Waals surface area contributed by atoms with Gasteiger partial charge in [0.25, 0.3) is 0 Å². The van der Waals surface area contributed by atoms with Gasteiger partial charge in [-0.3, -0.25) is 0 Å². The molecule has 0 aromatic carbocycles. The predicted octanol–water partition coefficient (Wildman–Crippen LogP) is 3.31. The number of anilines is 1. The van der Waals surface area contributed by atoms with Crippen molar-refractivity contribution in [1.82, 2.24) is 9.97 Å². The molecule has 1 heterocycles. The Balaban J connectivity index is 2.06. The van der Waals surface area contributed by atoms with Crippen LogP contribution in [-0.2, 0) is 5.75 Å². The summed E-state index contributed by atoms with van der Waals surface area (Å²) in [5.74, 6) is 10.5. The van der Waals surface area contributed by atoms with Gasteiger partial charge in [-0.05, 0) is 24.5 Å². The zero-order valence-corrected chi connectivity index (χ0v) is 12.7. The molecule has 0 bridgehead atoms. The van der Waals surface area contributed by atoms with Crippen molar-refractivity contribution in [1.29, 1.82) is 0 Å². The summed E-state index contributed by atoms with van der Waals surface area (Å²) in [6, 6.07) is 2.01. The summed E-state index contributed by atoms with van der Waals surface area (Å²) >= 11 is 1.89. The third kappa shape index (κ3) is 4.35. The molecule has 0 spiro atoms. The van der Waals surface area contributed by atoms with Gasteiger partial charge in [0.15, 0.2) is 0 Å². The average molecular weight is 280 g/mol. The molecule has 4 nitrogen and oxygen atoms in total. The fraction of sp³-hybridized carbons (Fsp3) is 0.714. The Morgan fingerprint density at radius 3 is 2.74 bits per heavy atom. The van der Waals surface area contributed by atoms with Crippen LogP contribution in [0.2, 0.25) is 0 Å². The number of nitrogen functional groups attached to an aromatic ring is 1. The largest absolute Gasteiger partial charge is 0.308 e. The molecule has 2 rings (SSSR count). The van der Waals surface area contributed by atoms with Crippen LogP contribution in [-0.4, -0.2) is 15.7 Å². The van der Waals surface area contributed by atoms with Gasteiger partial charge in [0.1, 0.15) is 11.6 Å². The quantitative estimate of drug-likeness (QED) is 0.618. The highest BCUT2D eigenvalue weighted by atomic mass is 32.2. The van der Waals surface area contributed by atoms with Gasteiger partial charge in [0.2, 0.25) is 0 Å². The van der Waals surface area contributed by atoms with Crippen LogP contribution in [0.3, 0.4) is 0 Å². The lowest BCUT2D eigenvalue weighted by atomic mass is 10.0. The van der Waals surface area contributed by atoms with Crippen LogP contribution in [0.4, 0.5) is 5.82 Å². The first kappa shape index (κ1) is 14.6. The van der Waals surface area contributed by atoms with E-state index in [1.54, 1.807) is 0 Å². The van der Waals surface area contributed by atoms with Gasteiger partial charge < -0.3 is 5.43 Å². The smallest absolute Gasteiger partial charge is 0.143 e. The maximum Gasteiger partial charge on any atom is 0.143 e. The number of rotatable bonds is 6. The number of hydrogen-bond acceptors (Lipinski definition) is 5. The summed E-state index contributed by atoms with van der Waals surface area (Å²) in [5, 5.41) is 0. The molecule has 0 radical (unpaired) electrons. The van der Waals surface area contributed by atoms with Crippen LogP contribution in [0, 0.1) is 5.92 Å².